The molecule has 72 valence electrons. The van der Waals surface area contributed by atoms with Gasteiger partial charge in [0.05, 0.1) is 12.2 Å². The summed E-state index contributed by atoms with van der Waals surface area (Å²) in [6.45, 7) is 5.16. The molecule has 1 aliphatic heterocycles. The van der Waals surface area contributed by atoms with E-state index in [4.69, 9.17) is 4.74 Å². The van der Waals surface area contributed by atoms with Crippen molar-refractivity contribution in [2.45, 2.75) is 31.8 Å². The summed E-state index contributed by atoms with van der Waals surface area (Å²) >= 11 is 0. The highest BCUT2D eigenvalue weighted by Gasteiger charge is 2.28. The lowest BCUT2D eigenvalue weighted by molar-refractivity contribution is -0.0638. The molecule has 0 unspecified atom stereocenters. The SMILES string of the molecule is CCCOCC1(O)CCNCC1. The molecule has 0 aromatic rings. The van der Waals surface area contributed by atoms with Crippen LogP contribution in [-0.4, -0.2) is 37.0 Å². The Labute approximate surface area is 74.1 Å². The van der Waals surface area contributed by atoms with Gasteiger partial charge in [-0.3, -0.25) is 0 Å². The minimum Gasteiger partial charge on any atom is -0.387 e. The van der Waals surface area contributed by atoms with Crippen molar-refractivity contribution in [1.82, 2.24) is 5.32 Å². The van der Waals surface area contributed by atoms with Gasteiger partial charge >= 0.3 is 0 Å². The minimum atomic E-state index is -0.555. The van der Waals surface area contributed by atoms with Crippen molar-refractivity contribution in [1.29, 1.82) is 0 Å². The van der Waals surface area contributed by atoms with Crippen LogP contribution in [0.5, 0.6) is 0 Å². The molecule has 1 aliphatic rings. The van der Waals surface area contributed by atoms with Crippen LogP contribution in [0.3, 0.4) is 0 Å². The molecule has 1 rings (SSSR count). The van der Waals surface area contributed by atoms with Crippen LogP contribution in [0.4, 0.5) is 0 Å². The number of piperidine rings is 1. The minimum absolute atomic E-state index is 0.502. The smallest absolute Gasteiger partial charge is 0.0904 e. The van der Waals surface area contributed by atoms with Crippen molar-refractivity contribution in [2.24, 2.45) is 0 Å². The van der Waals surface area contributed by atoms with Crippen molar-refractivity contribution < 1.29 is 9.84 Å². The summed E-state index contributed by atoms with van der Waals surface area (Å²) in [5.41, 5.74) is -0.555. The Hall–Kier alpha value is -0.120. The van der Waals surface area contributed by atoms with Crippen molar-refractivity contribution in [2.75, 3.05) is 26.3 Å². The second-order valence-corrected chi connectivity index (χ2v) is 3.53. The molecule has 3 heteroatoms. The fourth-order valence-corrected chi connectivity index (χ4v) is 1.44. The van der Waals surface area contributed by atoms with Gasteiger partial charge in [0.25, 0.3) is 0 Å². The van der Waals surface area contributed by atoms with E-state index >= 15 is 0 Å². The Morgan fingerprint density at radius 1 is 1.42 bits per heavy atom. The molecule has 1 saturated heterocycles. The van der Waals surface area contributed by atoms with Crippen LogP contribution in [0.15, 0.2) is 0 Å². The first kappa shape index (κ1) is 9.96. The second kappa shape index (κ2) is 4.80. The van der Waals surface area contributed by atoms with Crippen LogP contribution in [0, 0.1) is 0 Å². The highest BCUT2D eigenvalue weighted by molar-refractivity contribution is 4.83. The lowest BCUT2D eigenvalue weighted by atomic mass is 9.94. The van der Waals surface area contributed by atoms with Crippen LogP contribution < -0.4 is 5.32 Å². The van der Waals surface area contributed by atoms with Crippen LogP contribution in [0.2, 0.25) is 0 Å². The van der Waals surface area contributed by atoms with Crippen molar-refractivity contribution in [3.05, 3.63) is 0 Å². The van der Waals surface area contributed by atoms with E-state index in [0.717, 1.165) is 39.0 Å². The molecule has 0 atom stereocenters. The van der Waals surface area contributed by atoms with Gasteiger partial charge in [0.15, 0.2) is 0 Å². The van der Waals surface area contributed by atoms with Gasteiger partial charge in [-0.25, -0.2) is 0 Å². The van der Waals surface area contributed by atoms with E-state index in [9.17, 15) is 5.11 Å². The fraction of sp³-hybridized carbons (Fsp3) is 1.00. The second-order valence-electron chi connectivity index (χ2n) is 3.53. The van der Waals surface area contributed by atoms with Crippen LogP contribution in [0.1, 0.15) is 26.2 Å². The summed E-state index contributed by atoms with van der Waals surface area (Å²) in [6.07, 6.45) is 2.65. The predicted molar refractivity (Wildman–Crippen MR) is 48.2 cm³/mol. The van der Waals surface area contributed by atoms with Gasteiger partial charge in [0.2, 0.25) is 0 Å². The highest BCUT2D eigenvalue weighted by atomic mass is 16.5. The largest absolute Gasteiger partial charge is 0.387 e. The molecule has 0 aromatic carbocycles. The summed E-state index contributed by atoms with van der Waals surface area (Å²) in [6, 6.07) is 0. The zero-order valence-corrected chi connectivity index (χ0v) is 7.81. The van der Waals surface area contributed by atoms with Gasteiger partial charge in [0, 0.05) is 6.61 Å². The molecule has 1 fully saturated rings. The number of nitrogens with one attached hydrogen (secondary N) is 1. The number of hydrogen-bond donors (Lipinski definition) is 2. The Kier molecular flexibility index (Phi) is 3.98. The van der Waals surface area contributed by atoms with E-state index in [1.807, 2.05) is 0 Å². The molecule has 0 bridgehead atoms. The Morgan fingerprint density at radius 3 is 2.67 bits per heavy atom. The summed E-state index contributed by atoms with van der Waals surface area (Å²) < 4.78 is 5.35. The van der Waals surface area contributed by atoms with Gasteiger partial charge < -0.3 is 15.2 Å². The van der Waals surface area contributed by atoms with Gasteiger partial charge in [-0.1, -0.05) is 6.92 Å². The highest BCUT2D eigenvalue weighted by Crippen LogP contribution is 2.17. The van der Waals surface area contributed by atoms with Crippen molar-refractivity contribution in [3.8, 4) is 0 Å². The van der Waals surface area contributed by atoms with Crippen LogP contribution in [-0.2, 0) is 4.74 Å². The molecule has 3 nitrogen and oxygen atoms in total. The van der Waals surface area contributed by atoms with Crippen molar-refractivity contribution in [3.63, 3.8) is 0 Å². The molecule has 0 radical (unpaired) electrons. The lowest BCUT2D eigenvalue weighted by Crippen LogP contribution is -2.45. The third kappa shape index (κ3) is 3.09. The van der Waals surface area contributed by atoms with Gasteiger partial charge in [-0.15, -0.1) is 0 Å². The molecular weight excluding hydrogens is 154 g/mol. The fourth-order valence-electron chi connectivity index (χ4n) is 1.44. The van der Waals surface area contributed by atoms with E-state index in [2.05, 4.69) is 12.2 Å². The first-order valence-electron chi connectivity index (χ1n) is 4.78. The quantitative estimate of drug-likeness (QED) is 0.609. The maximum atomic E-state index is 9.93. The normalized spacial score (nSPS) is 22.5. The average Bonchev–Trinajstić information content (AvgIpc) is 2.06. The monoisotopic (exact) mass is 173 g/mol. The first-order valence-corrected chi connectivity index (χ1v) is 4.78. The van der Waals surface area contributed by atoms with Gasteiger partial charge in [-0.05, 0) is 32.4 Å². The summed E-state index contributed by atoms with van der Waals surface area (Å²) in [7, 11) is 0. The van der Waals surface area contributed by atoms with Gasteiger partial charge in [0.1, 0.15) is 0 Å². The lowest BCUT2D eigenvalue weighted by Gasteiger charge is -2.32. The topological polar surface area (TPSA) is 41.5 Å². The molecule has 0 spiro atoms. The number of aliphatic hydroxyl groups is 1. The summed E-state index contributed by atoms with van der Waals surface area (Å²) in [4.78, 5) is 0. The molecular formula is C9H19NO2. The average molecular weight is 173 g/mol. The number of hydrogen-bond acceptors (Lipinski definition) is 3. The van der Waals surface area contributed by atoms with E-state index < -0.39 is 5.60 Å². The van der Waals surface area contributed by atoms with E-state index in [1.165, 1.54) is 0 Å². The predicted octanol–water partition coefficient (Wildman–Crippen LogP) is 0.527. The molecule has 0 aromatic heterocycles. The number of rotatable bonds is 4. The summed E-state index contributed by atoms with van der Waals surface area (Å²) in [5.74, 6) is 0. The Morgan fingerprint density at radius 2 is 2.08 bits per heavy atom. The molecule has 0 amide bonds. The molecule has 1 heterocycles. The van der Waals surface area contributed by atoms with Crippen molar-refractivity contribution >= 4 is 0 Å². The zero-order valence-electron chi connectivity index (χ0n) is 7.81. The number of ether oxygens (including phenoxy) is 1. The third-order valence-corrected chi connectivity index (χ3v) is 2.25. The Balaban J connectivity index is 2.17. The zero-order chi connectivity index (χ0) is 8.86. The van der Waals surface area contributed by atoms with E-state index in [1.54, 1.807) is 0 Å². The molecule has 12 heavy (non-hydrogen) atoms. The summed E-state index contributed by atoms with van der Waals surface area (Å²) in [5, 5.41) is 13.1. The third-order valence-electron chi connectivity index (χ3n) is 2.25. The molecule has 2 N–H and O–H groups in total. The standard InChI is InChI=1S/C9H19NO2/c1-2-7-12-8-9(11)3-5-10-6-4-9/h10-11H,2-8H2,1H3. The van der Waals surface area contributed by atoms with Crippen LogP contribution in [0.25, 0.3) is 0 Å². The molecule has 0 saturated carbocycles. The maximum Gasteiger partial charge on any atom is 0.0904 e. The first-order chi connectivity index (χ1) is 5.77. The molecule has 0 aliphatic carbocycles. The van der Waals surface area contributed by atoms with E-state index in [-0.39, 0.29) is 0 Å². The maximum absolute atomic E-state index is 9.93. The van der Waals surface area contributed by atoms with E-state index in [0.29, 0.717) is 6.61 Å². The van der Waals surface area contributed by atoms with Gasteiger partial charge in [-0.2, -0.15) is 0 Å². The van der Waals surface area contributed by atoms with Crippen LogP contribution >= 0.6 is 0 Å². The Bertz CT molecular complexity index is 122.